The Morgan fingerprint density at radius 3 is 2.79 bits per heavy atom. The molecule has 0 aromatic heterocycles. The Morgan fingerprint density at radius 2 is 2.21 bits per heavy atom. The first kappa shape index (κ1) is 9.65. The van der Waals surface area contributed by atoms with Gasteiger partial charge in [0.1, 0.15) is 11.7 Å². The third kappa shape index (κ3) is 1.66. The quantitative estimate of drug-likeness (QED) is 0.821. The second kappa shape index (κ2) is 3.69. The zero-order chi connectivity index (χ0) is 10.1. The van der Waals surface area contributed by atoms with Crippen LogP contribution >= 0.6 is 15.9 Å². The van der Waals surface area contributed by atoms with Crippen LogP contribution in [0.2, 0.25) is 0 Å². The number of rotatable bonds is 1. The Hall–Kier alpha value is -0.900. The molecule has 74 valence electrons. The van der Waals surface area contributed by atoms with E-state index in [2.05, 4.69) is 15.9 Å². The SMILES string of the molecule is N=C1CCCN1c1ccc(F)c(Br)c1. The average molecular weight is 257 g/mol. The van der Waals surface area contributed by atoms with E-state index in [0.717, 1.165) is 25.1 Å². The fourth-order valence-electron chi connectivity index (χ4n) is 1.61. The number of anilines is 1. The van der Waals surface area contributed by atoms with Crippen molar-refractivity contribution < 1.29 is 4.39 Å². The number of amidine groups is 1. The van der Waals surface area contributed by atoms with Gasteiger partial charge in [0, 0.05) is 18.7 Å². The van der Waals surface area contributed by atoms with Gasteiger partial charge in [-0.1, -0.05) is 0 Å². The molecule has 0 aliphatic carbocycles. The van der Waals surface area contributed by atoms with Gasteiger partial charge >= 0.3 is 0 Å². The summed E-state index contributed by atoms with van der Waals surface area (Å²) in [6.45, 7) is 0.858. The number of nitrogens with one attached hydrogen (secondary N) is 1. The second-order valence-corrected chi connectivity index (χ2v) is 4.15. The van der Waals surface area contributed by atoms with E-state index in [1.54, 1.807) is 12.1 Å². The highest BCUT2D eigenvalue weighted by Gasteiger charge is 2.18. The number of halogens is 2. The first-order chi connectivity index (χ1) is 6.68. The molecule has 0 unspecified atom stereocenters. The maximum Gasteiger partial charge on any atom is 0.137 e. The monoisotopic (exact) mass is 256 g/mol. The lowest BCUT2D eigenvalue weighted by Crippen LogP contribution is -2.22. The highest BCUT2D eigenvalue weighted by atomic mass is 79.9. The number of nitrogens with zero attached hydrogens (tertiary/aromatic N) is 1. The maximum absolute atomic E-state index is 13.0. The van der Waals surface area contributed by atoms with Crippen molar-refractivity contribution in [3.05, 3.63) is 28.5 Å². The van der Waals surface area contributed by atoms with Gasteiger partial charge < -0.3 is 4.90 Å². The molecule has 1 aromatic rings. The number of hydrogen-bond donors (Lipinski definition) is 1. The molecule has 2 rings (SSSR count). The summed E-state index contributed by atoms with van der Waals surface area (Å²) in [7, 11) is 0. The zero-order valence-corrected chi connectivity index (χ0v) is 9.14. The van der Waals surface area contributed by atoms with E-state index in [0.29, 0.717) is 10.3 Å². The van der Waals surface area contributed by atoms with Crippen LogP contribution in [0.5, 0.6) is 0 Å². The van der Waals surface area contributed by atoms with Gasteiger partial charge in [0.2, 0.25) is 0 Å². The molecule has 1 heterocycles. The molecule has 1 saturated heterocycles. The molecule has 2 nitrogen and oxygen atoms in total. The van der Waals surface area contributed by atoms with Crippen molar-refractivity contribution in [2.24, 2.45) is 0 Å². The number of hydrogen-bond acceptors (Lipinski definition) is 1. The third-order valence-corrected chi connectivity index (χ3v) is 2.94. The van der Waals surface area contributed by atoms with Crippen molar-refractivity contribution in [1.82, 2.24) is 0 Å². The normalized spacial score (nSPS) is 16.4. The van der Waals surface area contributed by atoms with Gasteiger partial charge in [0.05, 0.1) is 4.47 Å². The van der Waals surface area contributed by atoms with Gasteiger partial charge in [-0.15, -0.1) is 0 Å². The molecule has 1 N–H and O–H groups in total. The molecule has 1 aromatic carbocycles. The molecule has 0 amide bonds. The molecule has 0 spiro atoms. The van der Waals surface area contributed by atoms with Gasteiger partial charge in [0.25, 0.3) is 0 Å². The Kier molecular flexibility index (Phi) is 2.54. The van der Waals surface area contributed by atoms with Crippen LogP contribution in [0.15, 0.2) is 22.7 Å². The summed E-state index contributed by atoms with van der Waals surface area (Å²) in [5.41, 5.74) is 0.890. The predicted molar refractivity (Wildman–Crippen MR) is 58.4 cm³/mol. The van der Waals surface area contributed by atoms with Crippen LogP contribution in [0.1, 0.15) is 12.8 Å². The van der Waals surface area contributed by atoms with E-state index >= 15 is 0 Å². The van der Waals surface area contributed by atoms with Gasteiger partial charge in [-0.05, 0) is 40.5 Å². The first-order valence-electron chi connectivity index (χ1n) is 4.48. The fourth-order valence-corrected chi connectivity index (χ4v) is 1.98. The molecule has 4 heteroatoms. The molecular formula is C10H10BrFN2. The summed E-state index contributed by atoms with van der Waals surface area (Å²) in [4.78, 5) is 1.91. The highest BCUT2D eigenvalue weighted by molar-refractivity contribution is 9.10. The van der Waals surface area contributed by atoms with Gasteiger partial charge in [-0.25, -0.2) is 4.39 Å². The lowest BCUT2D eigenvalue weighted by atomic mass is 10.3. The van der Waals surface area contributed by atoms with E-state index in [-0.39, 0.29) is 5.82 Å². The minimum absolute atomic E-state index is 0.264. The van der Waals surface area contributed by atoms with Crippen LogP contribution in [0.4, 0.5) is 10.1 Å². The van der Waals surface area contributed by atoms with Crippen molar-refractivity contribution in [3.8, 4) is 0 Å². The molecule has 0 bridgehead atoms. The van der Waals surface area contributed by atoms with Crippen LogP contribution in [-0.4, -0.2) is 12.4 Å². The minimum atomic E-state index is -0.264. The van der Waals surface area contributed by atoms with E-state index < -0.39 is 0 Å². The van der Waals surface area contributed by atoms with Gasteiger partial charge in [0.15, 0.2) is 0 Å². The van der Waals surface area contributed by atoms with Gasteiger partial charge in [-0.2, -0.15) is 0 Å². The largest absolute Gasteiger partial charge is 0.330 e. The molecular weight excluding hydrogens is 247 g/mol. The Labute approximate surface area is 90.4 Å². The summed E-state index contributed by atoms with van der Waals surface area (Å²) < 4.78 is 13.4. The first-order valence-corrected chi connectivity index (χ1v) is 5.28. The van der Waals surface area contributed by atoms with E-state index in [1.165, 1.54) is 6.07 Å². The molecule has 0 saturated carbocycles. The van der Waals surface area contributed by atoms with E-state index in [9.17, 15) is 4.39 Å². The maximum atomic E-state index is 13.0. The van der Waals surface area contributed by atoms with Gasteiger partial charge in [-0.3, -0.25) is 5.41 Å². The van der Waals surface area contributed by atoms with Crippen molar-refractivity contribution in [2.75, 3.05) is 11.4 Å². The molecule has 1 aliphatic rings. The Morgan fingerprint density at radius 1 is 1.43 bits per heavy atom. The van der Waals surface area contributed by atoms with Crippen molar-refractivity contribution in [2.45, 2.75) is 12.8 Å². The van der Waals surface area contributed by atoms with Crippen LogP contribution < -0.4 is 4.90 Å². The van der Waals surface area contributed by atoms with Crippen molar-refractivity contribution in [3.63, 3.8) is 0 Å². The fraction of sp³-hybridized carbons (Fsp3) is 0.300. The van der Waals surface area contributed by atoms with Crippen molar-refractivity contribution >= 4 is 27.5 Å². The van der Waals surface area contributed by atoms with E-state index in [4.69, 9.17) is 5.41 Å². The molecule has 0 radical (unpaired) electrons. The molecule has 14 heavy (non-hydrogen) atoms. The summed E-state index contributed by atoms with van der Waals surface area (Å²) in [5.74, 6) is 0.350. The van der Waals surface area contributed by atoms with Crippen LogP contribution in [0, 0.1) is 11.2 Å². The Bertz CT molecular complexity index is 378. The molecule has 1 aliphatic heterocycles. The number of benzene rings is 1. The molecule has 0 atom stereocenters. The Balaban J connectivity index is 2.32. The van der Waals surface area contributed by atoms with E-state index in [1.807, 2.05) is 4.90 Å². The lowest BCUT2D eigenvalue weighted by molar-refractivity contribution is 0.621. The van der Waals surface area contributed by atoms with Crippen LogP contribution in [-0.2, 0) is 0 Å². The summed E-state index contributed by atoms with van der Waals surface area (Å²) in [5, 5.41) is 7.68. The predicted octanol–water partition coefficient (Wildman–Crippen LogP) is 3.17. The zero-order valence-electron chi connectivity index (χ0n) is 7.56. The van der Waals surface area contributed by atoms with Crippen molar-refractivity contribution in [1.29, 1.82) is 5.41 Å². The molecule has 1 fully saturated rings. The summed E-state index contributed by atoms with van der Waals surface area (Å²) >= 11 is 3.14. The van der Waals surface area contributed by atoms with Crippen LogP contribution in [0.3, 0.4) is 0 Å². The van der Waals surface area contributed by atoms with Crippen LogP contribution in [0.25, 0.3) is 0 Å². The standard InChI is InChI=1S/C10H10BrFN2/c11-8-6-7(3-4-9(8)12)14-5-1-2-10(14)13/h3-4,6,13H,1-2,5H2. The summed E-state index contributed by atoms with van der Waals surface area (Å²) in [6.07, 6.45) is 1.82. The lowest BCUT2D eigenvalue weighted by Gasteiger charge is -2.17. The third-order valence-electron chi connectivity index (χ3n) is 2.34. The smallest absolute Gasteiger partial charge is 0.137 e. The topological polar surface area (TPSA) is 27.1 Å². The summed E-state index contributed by atoms with van der Waals surface area (Å²) in [6, 6.07) is 4.85. The second-order valence-electron chi connectivity index (χ2n) is 3.30. The highest BCUT2D eigenvalue weighted by Crippen LogP contribution is 2.26. The minimum Gasteiger partial charge on any atom is -0.330 e. The average Bonchev–Trinajstić information content (AvgIpc) is 2.57.